The lowest BCUT2D eigenvalue weighted by atomic mass is 10.1. The second-order valence-corrected chi connectivity index (χ2v) is 4.49. The minimum absolute atomic E-state index is 0.259. The molecule has 3 nitrogen and oxygen atoms in total. The number of nitrogens with two attached hydrogens (primary N) is 1. The highest BCUT2D eigenvalue weighted by Crippen LogP contribution is 2.23. The van der Waals surface area contributed by atoms with E-state index in [4.69, 9.17) is 5.73 Å². The van der Waals surface area contributed by atoms with E-state index in [9.17, 15) is 4.39 Å². The number of para-hydroxylation sites is 1. The summed E-state index contributed by atoms with van der Waals surface area (Å²) in [6, 6.07) is 16.1. The molecule has 0 fully saturated rings. The van der Waals surface area contributed by atoms with Crippen molar-refractivity contribution in [2.24, 2.45) is 5.73 Å². The van der Waals surface area contributed by atoms with E-state index in [0.717, 1.165) is 22.5 Å². The number of aromatic nitrogens is 2. The van der Waals surface area contributed by atoms with E-state index in [-0.39, 0.29) is 5.82 Å². The molecule has 0 atom stereocenters. The Kier molecular flexibility index (Phi) is 3.31. The van der Waals surface area contributed by atoms with Gasteiger partial charge in [0.05, 0.1) is 11.4 Å². The molecule has 4 heteroatoms. The van der Waals surface area contributed by atoms with Crippen LogP contribution in [-0.2, 0) is 6.54 Å². The first-order chi connectivity index (χ1) is 9.78. The van der Waals surface area contributed by atoms with E-state index >= 15 is 0 Å². The Morgan fingerprint density at radius 1 is 1.00 bits per heavy atom. The van der Waals surface area contributed by atoms with Gasteiger partial charge in [-0.25, -0.2) is 9.07 Å². The summed E-state index contributed by atoms with van der Waals surface area (Å²) in [5.41, 5.74) is 9.33. The van der Waals surface area contributed by atoms with Crippen LogP contribution in [0.25, 0.3) is 16.9 Å². The van der Waals surface area contributed by atoms with Crippen LogP contribution in [0.3, 0.4) is 0 Å². The highest BCUT2D eigenvalue weighted by Gasteiger charge is 2.11. The fourth-order valence-corrected chi connectivity index (χ4v) is 2.12. The number of halogens is 1. The van der Waals surface area contributed by atoms with Gasteiger partial charge in [-0.15, -0.1) is 0 Å². The summed E-state index contributed by atoms with van der Waals surface area (Å²) in [6.07, 6.45) is 1.91. The summed E-state index contributed by atoms with van der Waals surface area (Å²) in [7, 11) is 0. The highest BCUT2D eigenvalue weighted by atomic mass is 19.1. The van der Waals surface area contributed by atoms with Gasteiger partial charge in [-0.3, -0.25) is 0 Å². The molecule has 0 spiro atoms. The Balaban J connectivity index is 2.07. The quantitative estimate of drug-likeness (QED) is 0.792. The molecule has 0 radical (unpaired) electrons. The number of hydrogen-bond acceptors (Lipinski definition) is 2. The average molecular weight is 267 g/mol. The maximum atomic E-state index is 13.0. The summed E-state index contributed by atoms with van der Waals surface area (Å²) in [4.78, 5) is 0. The van der Waals surface area contributed by atoms with Gasteiger partial charge in [-0.05, 0) is 36.4 Å². The lowest BCUT2D eigenvalue weighted by Crippen LogP contribution is -1.96. The standard InChI is InChI=1S/C16H14FN3/c17-14-8-6-12(7-9-14)16-13(10-18)11-20(19-16)15-4-2-1-3-5-15/h1-9,11H,10,18H2. The molecular formula is C16H14FN3. The average Bonchev–Trinajstić information content (AvgIpc) is 2.93. The van der Waals surface area contributed by atoms with Crippen LogP contribution in [0, 0.1) is 5.82 Å². The second kappa shape index (κ2) is 5.27. The van der Waals surface area contributed by atoms with Gasteiger partial charge in [0.25, 0.3) is 0 Å². The number of benzene rings is 2. The predicted molar refractivity (Wildman–Crippen MR) is 76.8 cm³/mol. The lowest BCUT2D eigenvalue weighted by molar-refractivity contribution is 0.628. The van der Waals surface area contributed by atoms with Gasteiger partial charge in [0, 0.05) is 23.9 Å². The monoisotopic (exact) mass is 267 g/mol. The third-order valence-electron chi connectivity index (χ3n) is 3.15. The Morgan fingerprint density at radius 3 is 2.35 bits per heavy atom. The van der Waals surface area contributed by atoms with Crippen LogP contribution in [0.4, 0.5) is 4.39 Å². The minimum Gasteiger partial charge on any atom is -0.326 e. The summed E-state index contributed by atoms with van der Waals surface area (Å²) < 4.78 is 14.8. The van der Waals surface area contributed by atoms with Gasteiger partial charge >= 0.3 is 0 Å². The van der Waals surface area contributed by atoms with E-state index < -0.39 is 0 Å². The van der Waals surface area contributed by atoms with Crippen molar-refractivity contribution in [2.75, 3.05) is 0 Å². The largest absolute Gasteiger partial charge is 0.326 e. The van der Waals surface area contributed by atoms with Crippen LogP contribution in [0.1, 0.15) is 5.56 Å². The van der Waals surface area contributed by atoms with Crippen molar-refractivity contribution in [1.29, 1.82) is 0 Å². The first kappa shape index (κ1) is 12.6. The maximum absolute atomic E-state index is 13.0. The smallest absolute Gasteiger partial charge is 0.123 e. The van der Waals surface area contributed by atoms with Crippen molar-refractivity contribution in [3.8, 4) is 16.9 Å². The molecule has 1 heterocycles. The van der Waals surface area contributed by atoms with Crippen molar-refractivity contribution < 1.29 is 4.39 Å². The molecule has 0 aliphatic carbocycles. The van der Waals surface area contributed by atoms with Gasteiger partial charge in [0.2, 0.25) is 0 Å². The molecule has 0 saturated heterocycles. The Labute approximate surface area is 116 Å². The van der Waals surface area contributed by atoms with Crippen molar-refractivity contribution in [1.82, 2.24) is 9.78 Å². The number of rotatable bonds is 3. The van der Waals surface area contributed by atoms with Gasteiger partial charge < -0.3 is 5.73 Å². The van der Waals surface area contributed by atoms with Gasteiger partial charge in [0.1, 0.15) is 5.82 Å². The summed E-state index contributed by atoms with van der Waals surface area (Å²) >= 11 is 0. The van der Waals surface area contributed by atoms with Gasteiger partial charge in [0.15, 0.2) is 0 Å². The number of nitrogens with zero attached hydrogens (tertiary/aromatic N) is 2. The molecule has 1 aromatic heterocycles. The molecule has 20 heavy (non-hydrogen) atoms. The van der Waals surface area contributed by atoms with Gasteiger partial charge in [-0.2, -0.15) is 5.10 Å². The Hall–Kier alpha value is -2.46. The SMILES string of the molecule is NCc1cn(-c2ccccc2)nc1-c1ccc(F)cc1. The molecule has 0 amide bonds. The van der Waals surface area contributed by atoms with E-state index in [0.29, 0.717) is 6.54 Å². The van der Waals surface area contributed by atoms with Crippen molar-refractivity contribution >= 4 is 0 Å². The molecule has 0 aliphatic heterocycles. The van der Waals surface area contributed by atoms with Crippen LogP contribution >= 0.6 is 0 Å². The molecule has 0 aliphatic rings. The van der Waals surface area contributed by atoms with Crippen molar-refractivity contribution in [3.63, 3.8) is 0 Å². The molecule has 0 bridgehead atoms. The molecule has 2 aromatic carbocycles. The van der Waals surface area contributed by atoms with Crippen molar-refractivity contribution in [2.45, 2.75) is 6.54 Å². The molecular weight excluding hydrogens is 253 g/mol. The summed E-state index contributed by atoms with van der Waals surface area (Å²) in [5.74, 6) is -0.259. The van der Waals surface area contributed by atoms with E-state index in [1.165, 1.54) is 12.1 Å². The molecule has 3 rings (SSSR count). The first-order valence-electron chi connectivity index (χ1n) is 6.38. The lowest BCUT2D eigenvalue weighted by Gasteiger charge is -2.00. The van der Waals surface area contributed by atoms with Gasteiger partial charge in [-0.1, -0.05) is 18.2 Å². The third-order valence-corrected chi connectivity index (χ3v) is 3.15. The topological polar surface area (TPSA) is 43.8 Å². The molecule has 0 saturated carbocycles. The van der Waals surface area contributed by atoms with Crippen molar-refractivity contribution in [3.05, 3.63) is 72.2 Å². The first-order valence-corrected chi connectivity index (χ1v) is 6.38. The summed E-state index contributed by atoms with van der Waals surface area (Å²) in [6.45, 7) is 0.388. The predicted octanol–water partition coefficient (Wildman–Crippen LogP) is 3.14. The fraction of sp³-hybridized carbons (Fsp3) is 0.0625. The minimum atomic E-state index is -0.259. The van der Waals surface area contributed by atoms with E-state index in [1.807, 2.05) is 36.5 Å². The zero-order chi connectivity index (χ0) is 13.9. The molecule has 100 valence electrons. The Bertz CT molecular complexity index is 702. The second-order valence-electron chi connectivity index (χ2n) is 4.49. The zero-order valence-corrected chi connectivity index (χ0v) is 10.8. The van der Waals surface area contributed by atoms with E-state index in [1.54, 1.807) is 16.8 Å². The number of hydrogen-bond donors (Lipinski definition) is 1. The van der Waals surface area contributed by atoms with Crippen LogP contribution in [0.2, 0.25) is 0 Å². The third kappa shape index (κ3) is 2.33. The maximum Gasteiger partial charge on any atom is 0.123 e. The van der Waals surface area contributed by atoms with Crippen LogP contribution in [0.15, 0.2) is 60.8 Å². The fourth-order valence-electron chi connectivity index (χ4n) is 2.12. The van der Waals surface area contributed by atoms with E-state index in [2.05, 4.69) is 5.10 Å². The van der Waals surface area contributed by atoms with Crippen LogP contribution < -0.4 is 5.73 Å². The van der Waals surface area contributed by atoms with Crippen LogP contribution in [0.5, 0.6) is 0 Å². The highest BCUT2D eigenvalue weighted by molar-refractivity contribution is 5.63. The normalized spacial score (nSPS) is 10.7. The Morgan fingerprint density at radius 2 is 1.70 bits per heavy atom. The summed E-state index contributed by atoms with van der Waals surface area (Å²) in [5, 5.41) is 4.57. The van der Waals surface area contributed by atoms with Crippen LogP contribution in [-0.4, -0.2) is 9.78 Å². The zero-order valence-electron chi connectivity index (χ0n) is 10.8. The molecule has 0 unspecified atom stereocenters. The molecule has 3 aromatic rings. The molecule has 2 N–H and O–H groups in total.